The lowest BCUT2D eigenvalue weighted by atomic mass is 9.86. The molecule has 4 N–H and O–H groups in total. The normalized spacial score (nSPS) is 18.5. The average Bonchev–Trinajstić information content (AvgIpc) is 2.69. The predicted octanol–water partition coefficient (Wildman–Crippen LogP) is 3.17. The molecule has 6 nitrogen and oxygen atoms in total. The van der Waals surface area contributed by atoms with Gasteiger partial charge in [0, 0.05) is 12.5 Å². The van der Waals surface area contributed by atoms with Gasteiger partial charge in [-0.2, -0.15) is 0 Å². The summed E-state index contributed by atoms with van der Waals surface area (Å²) in [6.45, 7) is 5.62. The molecule has 1 aliphatic rings. The number of ether oxygens (including phenoxy) is 1. The molecule has 1 aromatic rings. The van der Waals surface area contributed by atoms with Crippen molar-refractivity contribution in [2.75, 3.05) is 20.2 Å². The van der Waals surface area contributed by atoms with Gasteiger partial charge in [-0.05, 0) is 49.8 Å². The second kappa shape index (κ2) is 13.3. The number of rotatable bonds is 8. The summed E-state index contributed by atoms with van der Waals surface area (Å²) in [6, 6.07) is 10.1. The van der Waals surface area contributed by atoms with Gasteiger partial charge in [0.05, 0.1) is 13.0 Å². The quantitative estimate of drug-likeness (QED) is 0.587. The van der Waals surface area contributed by atoms with Crippen LogP contribution in [0, 0.1) is 11.8 Å². The van der Waals surface area contributed by atoms with Crippen molar-refractivity contribution in [3.05, 3.63) is 35.9 Å². The minimum atomic E-state index is -0.749. The van der Waals surface area contributed by atoms with Gasteiger partial charge in [0.15, 0.2) is 0 Å². The van der Waals surface area contributed by atoms with Gasteiger partial charge in [0.1, 0.15) is 0 Å². The summed E-state index contributed by atoms with van der Waals surface area (Å²) in [5, 5.41) is 11.9. The minimum Gasteiger partial charge on any atom is -0.481 e. The molecule has 3 atom stereocenters. The second-order valence-electron chi connectivity index (χ2n) is 7.80. The molecule has 2 unspecified atom stereocenters. The summed E-state index contributed by atoms with van der Waals surface area (Å²) in [5.41, 5.74) is 6.45. The number of carboxylic acids is 1. The molecular formula is C22H36N2O4. The molecule has 0 saturated carbocycles. The van der Waals surface area contributed by atoms with Crippen molar-refractivity contribution in [2.24, 2.45) is 17.6 Å². The molecule has 1 saturated heterocycles. The van der Waals surface area contributed by atoms with E-state index in [1.165, 1.54) is 20.0 Å². The van der Waals surface area contributed by atoms with E-state index in [1.807, 2.05) is 30.3 Å². The molecule has 0 radical (unpaired) electrons. The standard InChI is InChI=1S/C14H19NO2.C8H17NO2/c1-17-14(16)13(11-7-3-2-4-8-11)12-9-5-6-10-15-12;1-6(2)3-7(5-9)4-8(10)11/h2-4,7-8,12-13,15H,5-6,9-10H2,1H3;6-7H,3-5,9H2,1-2H3,(H,10,11)/t;7-/m.0/s1. The van der Waals surface area contributed by atoms with E-state index in [0.29, 0.717) is 12.5 Å². The van der Waals surface area contributed by atoms with Gasteiger partial charge in [-0.25, -0.2) is 0 Å². The van der Waals surface area contributed by atoms with E-state index in [4.69, 9.17) is 15.6 Å². The van der Waals surface area contributed by atoms with Crippen LogP contribution >= 0.6 is 0 Å². The first-order valence-electron chi connectivity index (χ1n) is 10.2. The fourth-order valence-electron chi connectivity index (χ4n) is 3.66. The fourth-order valence-corrected chi connectivity index (χ4v) is 3.66. The Balaban J connectivity index is 0.000000311. The zero-order valence-corrected chi connectivity index (χ0v) is 17.4. The highest BCUT2D eigenvalue weighted by Crippen LogP contribution is 2.26. The molecule has 2 rings (SSSR count). The molecular weight excluding hydrogens is 356 g/mol. The molecule has 0 aromatic heterocycles. The molecule has 1 aliphatic heterocycles. The lowest BCUT2D eigenvalue weighted by Crippen LogP contribution is -2.42. The number of nitrogens with one attached hydrogen (secondary N) is 1. The van der Waals surface area contributed by atoms with E-state index < -0.39 is 5.97 Å². The molecule has 0 bridgehead atoms. The van der Waals surface area contributed by atoms with Crippen molar-refractivity contribution in [2.45, 2.75) is 57.9 Å². The van der Waals surface area contributed by atoms with Gasteiger partial charge in [-0.15, -0.1) is 0 Å². The summed E-state index contributed by atoms with van der Waals surface area (Å²) < 4.78 is 4.94. The third kappa shape index (κ3) is 8.85. The highest BCUT2D eigenvalue weighted by Gasteiger charge is 2.31. The Morgan fingerprint density at radius 1 is 1.25 bits per heavy atom. The van der Waals surface area contributed by atoms with Gasteiger partial charge >= 0.3 is 11.9 Å². The number of carbonyl (C=O) groups excluding carboxylic acids is 1. The van der Waals surface area contributed by atoms with Crippen molar-refractivity contribution < 1.29 is 19.4 Å². The van der Waals surface area contributed by atoms with Crippen molar-refractivity contribution in [3.8, 4) is 0 Å². The average molecular weight is 393 g/mol. The van der Waals surface area contributed by atoms with Crippen molar-refractivity contribution in [1.29, 1.82) is 0 Å². The number of nitrogens with two attached hydrogens (primary N) is 1. The molecule has 1 aromatic carbocycles. The van der Waals surface area contributed by atoms with Crippen LogP contribution in [-0.4, -0.2) is 43.3 Å². The number of methoxy groups -OCH3 is 1. The van der Waals surface area contributed by atoms with Crippen LogP contribution in [0.15, 0.2) is 30.3 Å². The van der Waals surface area contributed by atoms with Gasteiger partial charge in [-0.1, -0.05) is 50.6 Å². The third-order valence-electron chi connectivity index (χ3n) is 4.97. The van der Waals surface area contributed by atoms with Gasteiger partial charge < -0.3 is 20.9 Å². The van der Waals surface area contributed by atoms with Gasteiger partial charge in [-0.3, -0.25) is 9.59 Å². The van der Waals surface area contributed by atoms with Crippen molar-refractivity contribution >= 4 is 11.9 Å². The molecule has 28 heavy (non-hydrogen) atoms. The Labute approximate surface area is 168 Å². The number of carboxylic acid groups (broad SMARTS) is 1. The maximum Gasteiger partial charge on any atom is 0.314 e. The van der Waals surface area contributed by atoms with E-state index in [-0.39, 0.29) is 30.3 Å². The number of piperidine rings is 1. The largest absolute Gasteiger partial charge is 0.481 e. The zero-order chi connectivity index (χ0) is 20.9. The summed E-state index contributed by atoms with van der Waals surface area (Å²) in [5.74, 6) is -0.395. The monoisotopic (exact) mass is 392 g/mol. The van der Waals surface area contributed by atoms with Crippen LogP contribution in [0.25, 0.3) is 0 Å². The molecule has 158 valence electrons. The highest BCUT2D eigenvalue weighted by atomic mass is 16.5. The third-order valence-corrected chi connectivity index (χ3v) is 4.97. The number of benzene rings is 1. The Kier molecular flexibility index (Phi) is 11.4. The van der Waals surface area contributed by atoms with E-state index in [1.54, 1.807) is 0 Å². The van der Waals surface area contributed by atoms with Crippen LogP contribution in [0.5, 0.6) is 0 Å². The first-order valence-corrected chi connectivity index (χ1v) is 10.2. The van der Waals surface area contributed by atoms with Crippen LogP contribution in [0.3, 0.4) is 0 Å². The van der Waals surface area contributed by atoms with E-state index in [2.05, 4.69) is 19.2 Å². The molecule has 1 heterocycles. The molecule has 0 amide bonds. The summed E-state index contributed by atoms with van der Waals surface area (Å²) in [6.07, 6.45) is 4.52. The van der Waals surface area contributed by atoms with Gasteiger partial charge in [0.2, 0.25) is 0 Å². The topological polar surface area (TPSA) is 102 Å². The fraction of sp³-hybridized carbons (Fsp3) is 0.636. The summed E-state index contributed by atoms with van der Waals surface area (Å²) >= 11 is 0. The predicted molar refractivity (Wildman–Crippen MR) is 111 cm³/mol. The number of aliphatic carboxylic acids is 1. The maximum atomic E-state index is 11.9. The Morgan fingerprint density at radius 3 is 2.39 bits per heavy atom. The number of esters is 1. The molecule has 6 heteroatoms. The van der Waals surface area contributed by atoms with E-state index >= 15 is 0 Å². The number of carbonyl (C=O) groups is 2. The van der Waals surface area contributed by atoms with Crippen molar-refractivity contribution in [1.82, 2.24) is 5.32 Å². The smallest absolute Gasteiger partial charge is 0.314 e. The summed E-state index contributed by atoms with van der Waals surface area (Å²) in [7, 11) is 1.46. The SMILES string of the molecule is CC(C)C[C@H](CN)CC(=O)O.COC(=O)C(c1ccccc1)C1CCCCN1. The van der Waals surface area contributed by atoms with Crippen LogP contribution in [0.1, 0.15) is 57.4 Å². The van der Waals surface area contributed by atoms with Crippen LogP contribution in [-0.2, 0) is 14.3 Å². The van der Waals surface area contributed by atoms with Crippen LogP contribution in [0.2, 0.25) is 0 Å². The molecule has 1 fully saturated rings. The van der Waals surface area contributed by atoms with Gasteiger partial charge in [0.25, 0.3) is 0 Å². The lowest BCUT2D eigenvalue weighted by Gasteiger charge is -2.29. The Hall–Kier alpha value is -1.92. The molecule has 0 spiro atoms. The Morgan fingerprint density at radius 2 is 1.93 bits per heavy atom. The van der Waals surface area contributed by atoms with Crippen molar-refractivity contribution in [3.63, 3.8) is 0 Å². The zero-order valence-electron chi connectivity index (χ0n) is 17.4. The Bertz CT molecular complexity index is 571. The number of hydrogen-bond acceptors (Lipinski definition) is 5. The first-order chi connectivity index (χ1) is 13.4. The lowest BCUT2D eigenvalue weighted by molar-refractivity contribution is -0.143. The molecule has 0 aliphatic carbocycles. The van der Waals surface area contributed by atoms with E-state index in [0.717, 1.165) is 24.9 Å². The van der Waals surface area contributed by atoms with E-state index in [9.17, 15) is 9.59 Å². The van der Waals surface area contributed by atoms with Crippen LogP contribution < -0.4 is 11.1 Å². The second-order valence-corrected chi connectivity index (χ2v) is 7.80. The number of hydrogen-bond donors (Lipinski definition) is 3. The maximum absolute atomic E-state index is 11.9. The minimum absolute atomic E-state index is 0.143. The van der Waals surface area contributed by atoms with Crippen LogP contribution in [0.4, 0.5) is 0 Å². The summed E-state index contributed by atoms with van der Waals surface area (Å²) in [4.78, 5) is 22.2. The highest BCUT2D eigenvalue weighted by molar-refractivity contribution is 5.79. The first kappa shape index (κ1) is 24.1.